The topological polar surface area (TPSA) is 49.8 Å². The zero-order valence-electron chi connectivity index (χ0n) is 11.0. The fourth-order valence-electron chi connectivity index (χ4n) is 1.85. The minimum atomic E-state index is 0.488. The van der Waals surface area contributed by atoms with Crippen LogP contribution in [0.1, 0.15) is 18.5 Å². The molecule has 0 atom stereocenters. The molecule has 0 bridgehead atoms. The van der Waals surface area contributed by atoms with Crippen LogP contribution in [0.15, 0.2) is 24.3 Å². The third kappa shape index (κ3) is 3.14. The van der Waals surface area contributed by atoms with Crippen LogP contribution in [0.4, 0.5) is 17.5 Å². The summed E-state index contributed by atoms with van der Waals surface area (Å²) in [4.78, 5) is 8.82. The number of rotatable bonds is 4. The molecular formula is C14H14Cl2N4. The van der Waals surface area contributed by atoms with E-state index < -0.39 is 0 Å². The molecule has 6 heteroatoms. The Morgan fingerprint density at radius 1 is 1.20 bits per heavy atom. The summed E-state index contributed by atoms with van der Waals surface area (Å²) >= 11 is 12.2. The van der Waals surface area contributed by atoms with E-state index in [-0.39, 0.29) is 0 Å². The monoisotopic (exact) mass is 308 g/mol. The van der Waals surface area contributed by atoms with Gasteiger partial charge in [-0.2, -0.15) is 4.98 Å². The van der Waals surface area contributed by atoms with Gasteiger partial charge in [-0.1, -0.05) is 29.3 Å². The largest absolute Gasteiger partial charge is 0.351 e. The zero-order valence-corrected chi connectivity index (χ0v) is 12.5. The average Bonchev–Trinajstić information content (AvgIpc) is 3.18. The standard InChI is InChI=1S/C14H14Cl2N4/c1-8-7-12(20-14(17-8)18-9-5-6-9)19-11-4-2-3-10(15)13(11)16/h2-4,7,9H,5-6H2,1H3,(H2,17,18,19,20). The van der Waals surface area contributed by atoms with Crippen molar-refractivity contribution < 1.29 is 0 Å². The van der Waals surface area contributed by atoms with Crippen LogP contribution in [-0.2, 0) is 0 Å². The van der Waals surface area contributed by atoms with Gasteiger partial charge in [0.25, 0.3) is 0 Å². The Morgan fingerprint density at radius 3 is 2.75 bits per heavy atom. The lowest BCUT2D eigenvalue weighted by Gasteiger charge is -2.11. The number of nitrogens with one attached hydrogen (secondary N) is 2. The van der Waals surface area contributed by atoms with Crippen LogP contribution >= 0.6 is 23.2 Å². The van der Waals surface area contributed by atoms with Gasteiger partial charge >= 0.3 is 0 Å². The van der Waals surface area contributed by atoms with E-state index in [9.17, 15) is 0 Å². The molecule has 0 radical (unpaired) electrons. The summed E-state index contributed by atoms with van der Waals surface area (Å²) < 4.78 is 0. The van der Waals surface area contributed by atoms with Crippen molar-refractivity contribution in [3.8, 4) is 0 Å². The summed E-state index contributed by atoms with van der Waals surface area (Å²) in [7, 11) is 0. The van der Waals surface area contributed by atoms with E-state index in [1.165, 1.54) is 12.8 Å². The van der Waals surface area contributed by atoms with E-state index in [4.69, 9.17) is 23.2 Å². The highest BCUT2D eigenvalue weighted by atomic mass is 35.5. The fourth-order valence-corrected chi connectivity index (χ4v) is 2.19. The summed E-state index contributed by atoms with van der Waals surface area (Å²) in [6.07, 6.45) is 2.36. The minimum Gasteiger partial charge on any atom is -0.351 e. The van der Waals surface area contributed by atoms with Crippen LogP contribution in [0.5, 0.6) is 0 Å². The highest BCUT2D eigenvalue weighted by molar-refractivity contribution is 6.43. The van der Waals surface area contributed by atoms with Crippen molar-refractivity contribution in [2.24, 2.45) is 0 Å². The Bertz CT molecular complexity index is 641. The highest BCUT2D eigenvalue weighted by Crippen LogP contribution is 2.31. The molecule has 3 rings (SSSR count). The molecule has 1 fully saturated rings. The third-order valence-electron chi connectivity index (χ3n) is 2.98. The van der Waals surface area contributed by atoms with E-state index in [1.807, 2.05) is 25.1 Å². The first-order valence-corrected chi connectivity index (χ1v) is 7.20. The van der Waals surface area contributed by atoms with E-state index in [1.54, 1.807) is 6.07 Å². The van der Waals surface area contributed by atoms with E-state index in [0.717, 1.165) is 11.4 Å². The maximum atomic E-state index is 6.16. The van der Waals surface area contributed by atoms with Gasteiger partial charge in [0.05, 0.1) is 15.7 Å². The Kier molecular flexibility index (Phi) is 3.68. The van der Waals surface area contributed by atoms with E-state index in [0.29, 0.717) is 27.9 Å². The van der Waals surface area contributed by atoms with Crippen molar-refractivity contribution >= 4 is 40.7 Å². The second kappa shape index (κ2) is 5.46. The maximum Gasteiger partial charge on any atom is 0.225 e. The Balaban J connectivity index is 1.85. The SMILES string of the molecule is Cc1cc(Nc2cccc(Cl)c2Cl)nc(NC2CC2)n1. The van der Waals surface area contributed by atoms with Gasteiger partial charge in [0.15, 0.2) is 0 Å². The summed E-state index contributed by atoms with van der Waals surface area (Å²) in [5, 5.41) is 7.47. The summed E-state index contributed by atoms with van der Waals surface area (Å²) in [6, 6.07) is 7.84. The third-order valence-corrected chi connectivity index (χ3v) is 3.80. The molecule has 20 heavy (non-hydrogen) atoms. The van der Waals surface area contributed by atoms with Crippen molar-refractivity contribution in [1.29, 1.82) is 0 Å². The van der Waals surface area contributed by atoms with Crippen LogP contribution in [0, 0.1) is 6.92 Å². The van der Waals surface area contributed by atoms with Crippen molar-refractivity contribution in [3.63, 3.8) is 0 Å². The van der Waals surface area contributed by atoms with Gasteiger partial charge in [0.1, 0.15) is 5.82 Å². The molecule has 1 aliphatic rings. The first-order chi connectivity index (χ1) is 9.61. The van der Waals surface area contributed by atoms with Crippen LogP contribution < -0.4 is 10.6 Å². The second-order valence-corrected chi connectivity index (χ2v) is 5.65. The van der Waals surface area contributed by atoms with Gasteiger partial charge in [-0.15, -0.1) is 0 Å². The van der Waals surface area contributed by atoms with Crippen molar-refractivity contribution in [3.05, 3.63) is 40.0 Å². The van der Waals surface area contributed by atoms with Crippen LogP contribution in [0.25, 0.3) is 0 Å². The van der Waals surface area contributed by atoms with Gasteiger partial charge in [0, 0.05) is 17.8 Å². The molecule has 1 aromatic carbocycles. The maximum absolute atomic E-state index is 6.16. The molecule has 0 aliphatic heterocycles. The molecule has 2 N–H and O–H groups in total. The molecule has 4 nitrogen and oxygen atoms in total. The Morgan fingerprint density at radius 2 is 2.00 bits per heavy atom. The number of aryl methyl sites for hydroxylation is 1. The van der Waals surface area contributed by atoms with Gasteiger partial charge in [-0.3, -0.25) is 0 Å². The van der Waals surface area contributed by atoms with Gasteiger partial charge in [-0.05, 0) is 31.9 Å². The molecule has 1 heterocycles. The number of halogens is 2. The molecule has 1 aromatic heterocycles. The lowest BCUT2D eigenvalue weighted by atomic mass is 10.3. The molecule has 0 amide bonds. The molecular weight excluding hydrogens is 295 g/mol. The Labute approximate surface area is 127 Å². The number of nitrogens with zero attached hydrogens (tertiary/aromatic N) is 2. The smallest absolute Gasteiger partial charge is 0.225 e. The van der Waals surface area contributed by atoms with Crippen LogP contribution in [0.3, 0.4) is 0 Å². The quantitative estimate of drug-likeness (QED) is 0.878. The molecule has 0 saturated heterocycles. The predicted molar refractivity (Wildman–Crippen MR) is 83.2 cm³/mol. The minimum absolute atomic E-state index is 0.488. The number of hydrogen-bond acceptors (Lipinski definition) is 4. The zero-order chi connectivity index (χ0) is 14.1. The van der Waals surface area contributed by atoms with E-state index >= 15 is 0 Å². The lowest BCUT2D eigenvalue weighted by molar-refractivity contribution is 1.03. The van der Waals surface area contributed by atoms with Crippen molar-refractivity contribution in [1.82, 2.24) is 9.97 Å². The normalized spacial score (nSPS) is 14.2. The first kappa shape index (κ1) is 13.5. The Hall–Kier alpha value is -1.52. The fraction of sp³-hybridized carbons (Fsp3) is 0.286. The number of anilines is 3. The van der Waals surface area contributed by atoms with Gasteiger partial charge < -0.3 is 10.6 Å². The van der Waals surface area contributed by atoms with Crippen LogP contribution in [0.2, 0.25) is 10.0 Å². The molecule has 104 valence electrons. The molecule has 0 unspecified atom stereocenters. The summed E-state index contributed by atoms with van der Waals surface area (Å²) in [6.45, 7) is 1.94. The molecule has 2 aromatic rings. The molecule has 1 aliphatic carbocycles. The average molecular weight is 309 g/mol. The van der Waals surface area contributed by atoms with Gasteiger partial charge in [-0.25, -0.2) is 4.98 Å². The number of hydrogen-bond donors (Lipinski definition) is 2. The van der Waals surface area contributed by atoms with Gasteiger partial charge in [0.2, 0.25) is 5.95 Å². The molecule has 1 saturated carbocycles. The van der Waals surface area contributed by atoms with Crippen molar-refractivity contribution in [2.75, 3.05) is 10.6 Å². The van der Waals surface area contributed by atoms with Crippen LogP contribution in [-0.4, -0.2) is 16.0 Å². The summed E-state index contributed by atoms with van der Waals surface area (Å²) in [5.74, 6) is 1.35. The molecule has 0 spiro atoms. The number of aromatic nitrogens is 2. The second-order valence-electron chi connectivity index (χ2n) is 4.86. The lowest BCUT2D eigenvalue weighted by Crippen LogP contribution is -2.07. The summed E-state index contributed by atoms with van der Waals surface area (Å²) in [5.41, 5.74) is 1.62. The number of benzene rings is 1. The highest BCUT2D eigenvalue weighted by Gasteiger charge is 2.22. The van der Waals surface area contributed by atoms with E-state index in [2.05, 4.69) is 20.6 Å². The predicted octanol–water partition coefficient (Wildman–Crippen LogP) is 4.41. The first-order valence-electron chi connectivity index (χ1n) is 6.45. The van der Waals surface area contributed by atoms with Crippen molar-refractivity contribution in [2.45, 2.75) is 25.8 Å².